The van der Waals surface area contributed by atoms with E-state index < -0.39 is 5.60 Å². The Morgan fingerprint density at radius 2 is 1.89 bits per heavy atom. The highest BCUT2D eigenvalue weighted by Gasteiger charge is 2.18. The summed E-state index contributed by atoms with van der Waals surface area (Å²) in [5.41, 5.74) is 1.07. The Balaban J connectivity index is 2.74. The van der Waals surface area contributed by atoms with E-state index >= 15 is 0 Å². The summed E-state index contributed by atoms with van der Waals surface area (Å²) in [5, 5.41) is 9.67. The normalized spacial score (nSPS) is 12.4. The molecule has 18 heavy (non-hydrogen) atoms. The molecule has 1 amide bonds. The van der Waals surface area contributed by atoms with Crippen LogP contribution in [-0.4, -0.2) is 35.1 Å². The summed E-state index contributed by atoms with van der Waals surface area (Å²) >= 11 is 0. The largest absolute Gasteiger partial charge is 0.389 e. The standard InChI is InChI=1S/C15H21NO2/c1-12(13-8-6-5-7-9-13)10-14(17)16(4)11-15(2,3)18/h5-10,18H,11H2,1-4H3. The van der Waals surface area contributed by atoms with Crippen molar-refractivity contribution in [1.82, 2.24) is 4.90 Å². The molecule has 0 bridgehead atoms. The molecule has 1 N–H and O–H groups in total. The molecule has 0 saturated carbocycles. The van der Waals surface area contributed by atoms with Gasteiger partial charge in [-0.15, -0.1) is 0 Å². The Kier molecular flexibility index (Phi) is 4.68. The Morgan fingerprint density at radius 1 is 1.33 bits per heavy atom. The zero-order chi connectivity index (χ0) is 13.8. The molecule has 0 radical (unpaired) electrons. The predicted molar refractivity (Wildman–Crippen MR) is 74.0 cm³/mol. The molecule has 0 aliphatic heterocycles. The van der Waals surface area contributed by atoms with Gasteiger partial charge in [0.15, 0.2) is 0 Å². The average Bonchev–Trinajstić information content (AvgIpc) is 2.27. The second kappa shape index (κ2) is 5.83. The lowest BCUT2D eigenvalue weighted by molar-refractivity contribution is -0.127. The number of likely N-dealkylation sites (N-methyl/N-ethyl adjacent to an activating group) is 1. The van der Waals surface area contributed by atoms with Gasteiger partial charge in [0.2, 0.25) is 5.91 Å². The summed E-state index contributed by atoms with van der Waals surface area (Å²) in [4.78, 5) is 13.5. The molecule has 0 fully saturated rings. The predicted octanol–water partition coefficient (Wildman–Crippen LogP) is 2.32. The van der Waals surface area contributed by atoms with E-state index in [1.54, 1.807) is 27.0 Å². The molecule has 3 heteroatoms. The van der Waals surface area contributed by atoms with Gasteiger partial charge in [0, 0.05) is 19.7 Å². The molecule has 0 atom stereocenters. The molecule has 1 aromatic rings. The Morgan fingerprint density at radius 3 is 2.39 bits per heavy atom. The minimum absolute atomic E-state index is 0.0986. The third kappa shape index (κ3) is 4.72. The highest BCUT2D eigenvalue weighted by Crippen LogP contribution is 2.13. The van der Waals surface area contributed by atoms with Crippen LogP contribution in [0.3, 0.4) is 0 Å². The lowest BCUT2D eigenvalue weighted by atomic mass is 10.1. The van der Waals surface area contributed by atoms with Crippen LogP contribution in [0.15, 0.2) is 36.4 Å². The van der Waals surface area contributed by atoms with Crippen LogP contribution in [-0.2, 0) is 4.79 Å². The van der Waals surface area contributed by atoms with Crippen LogP contribution in [0.1, 0.15) is 26.3 Å². The number of benzene rings is 1. The summed E-state index contributed by atoms with van der Waals surface area (Å²) in [7, 11) is 1.69. The summed E-state index contributed by atoms with van der Waals surface area (Å²) < 4.78 is 0. The molecule has 1 aromatic carbocycles. The lowest BCUT2D eigenvalue weighted by Crippen LogP contribution is -2.39. The molecule has 0 saturated heterocycles. The third-order valence-electron chi connectivity index (χ3n) is 2.57. The van der Waals surface area contributed by atoms with Crippen molar-refractivity contribution in [2.45, 2.75) is 26.4 Å². The maximum atomic E-state index is 11.9. The maximum absolute atomic E-state index is 11.9. The number of rotatable bonds is 4. The Hall–Kier alpha value is -1.61. The highest BCUT2D eigenvalue weighted by molar-refractivity contribution is 5.94. The molecular formula is C15H21NO2. The van der Waals surface area contributed by atoms with Gasteiger partial charge < -0.3 is 10.0 Å². The van der Waals surface area contributed by atoms with Gasteiger partial charge in [0.25, 0.3) is 0 Å². The zero-order valence-electron chi connectivity index (χ0n) is 11.5. The number of hydrogen-bond donors (Lipinski definition) is 1. The van der Waals surface area contributed by atoms with Crippen molar-refractivity contribution in [3.63, 3.8) is 0 Å². The minimum Gasteiger partial charge on any atom is -0.389 e. The van der Waals surface area contributed by atoms with E-state index in [9.17, 15) is 9.90 Å². The average molecular weight is 247 g/mol. The maximum Gasteiger partial charge on any atom is 0.246 e. The second-order valence-electron chi connectivity index (χ2n) is 5.20. The quantitative estimate of drug-likeness (QED) is 0.829. The van der Waals surface area contributed by atoms with Crippen molar-refractivity contribution in [3.8, 4) is 0 Å². The molecule has 0 spiro atoms. The van der Waals surface area contributed by atoms with Gasteiger partial charge in [-0.2, -0.15) is 0 Å². The van der Waals surface area contributed by atoms with Gasteiger partial charge in [-0.05, 0) is 31.9 Å². The summed E-state index contributed by atoms with van der Waals surface area (Å²) in [5.74, 6) is -0.0986. The van der Waals surface area contributed by atoms with Crippen molar-refractivity contribution in [1.29, 1.82) is 0 Å². The summed E-state index contributed by atoms with van der Waals surface area (Å²) in [6, 6.07) is 9.76. The van der Waals surface area contributed by atoms with Crippen molar-refractivity contribution < 1.29 is 9.90 Å². The van der Waals surface area contributed by atoms with Crippen LogP contribution in [0.5, 0.6) is 0 Å². The Labute approximate surface area is 109 Å². The van der Waals surface area contributed by atoms with Gasteiger partial charge in [0.1, 0.15) is 0 Å². The second-order valence-corrected chi connectivity index (χ2v) is 5.20. The lowest BCUT2D eigenvalue weighted by Gasteiger charge is -2.24. The summed E-state index contributed by atoms with van der Waals surface area (Å²) in [6.45, 7) is 5.59. The van der Waals surface area contributed by atoms with E-state index in [4.69, 9.17) is 0 Å². The molecule has 0 aromatic heterocycles. The first kappa shape index (κ1) is 14.5. The van der Waals surface area contributed by atoms with Gasteiger partial charge in [-0.3, -0.25) is 4.79 Å². The third-order valence-corrected chi connectivity index (χ3v) is 2.57. The van der Waals surface area contributed by atoms with E-state index in [0.717, 1.165) is 11.1 Å². The minimum atomic E-state index is -0.876. The first-order chi connectivity index (χ1) is 8.29. The van der Waals surface area contributed by atoms with Crippen LogP contribution in [0.4, 0.5) is 0 Å². The smallest absolute Gasteiger partial charge is 0.246 e. The number of aliphatic hydroxyl groups is 1. The van der Waals surface area contributed by atoms with Crippen LogP contribution in [0.25, 0.3) is 5.57 Å². The van der Waals surface area contributed by atoms with Crippen LogP contribution < -0.4 is 0 Å². The van der Waals surface area contributed by atoms with Crippen LogP contribution in [0.2, 0.25) is 0 Å². The number of amides is 1. The molecule has 0 heterocycles. The fourth-order valence-corrected chi connectivity index (χ4v) is 1.74. The molecule has 98 valence electrons. The number of nitrogens with zero attached hydrogens (tertiary/aromatic N) is 1. The van der Waals surface area contributed by atoms with Crippen LogP contribution in [0, 0.1) is 0 Å². The monoisotopic (exact) mass is 247 g/mol. The summed E-state index contributed by atoms with van der Waals surface area (Å²) in [6.07, 6.45) is 1.60. The van der Waals surface area contributed by atoms with E-state index in [-0.39, 0.29) is 5.91 Å². The van der Waals surface area contributed by atoms with Gasteiger partial charge >= 0.3 is 0 Å². The Bertz CT molecular complexity index is 430. The zero-order valence-corrected chi connectivity index (χ0v) is 11.5. The van der Waals surface area contributed by atoms with Gasteiger partial charge in [0.05, 0.1) is 5.60 Å². The van der Waals surface area contributed by atoms with Crippen molar-refractivity contribution in [3.05, 3.63) is 42.0 Å². The van der Waals surface area contributed by atoms with Gasteiger partial charge in [-0.25, -0.2) is 0 Å². The fraction of sp³-hybridized carbons (Fsp3) is 0.400. The first-order valence-electron chi connectivity index (χ1n) is 6.01. The molecule has 0 aliphatic rings. The van der Waals surface area contributed by atoms with Crippen molar-refractivity contribution in [2.75, 3.05) is 13.6 Å². The number of allylic oxidation sites excluding steroid dienone is 1. The van der Waals surface area contributed by atoms with E-state index in [2.05, 4.69) is 0 Å². The highest BCUT2D eigenvalue weighted by atomic mass is 16.3. The molecule has 1 rings (SSSR count). The molecule has 0 unspecified atom stereocenters. The topological polar surface area (TPSA) is 40.5 Å². The van der Waals surface area contributed by atoms with E-state index in [0.29, 0.717) is 6.54 Å². The first-order valence-corrected chi connectivity index (χ1v) is 6.01. The van der Waals surface area contributed by atoms with E-state index in [1.807, 2.05) is 37.3 Å². The van der Waals surface area contributed by atoms with Crippen LogP contribution >= 0.6 is 0 Å². The number of carbonyl (C=O) groups is 1. The number of carbonyl (C=O) groups excluding carboxylic acids is 1. The fourth-order valence-electron chi connectivity index (χ4n) is 1.74. The van der Waals surface area contributed by atoms with E-state index in [1.165, 1.54) is 4.90 Å². The molecular weight excluding hydrogens is 226 g/mol. The van der Waals surface area contributed by atoms with Crippen molar-refractivity contribution >= 4 is 11.5 Å². The molecule has 3 nitrogen and oxygen atoms in total. The number of hydrogen-bond acceptors (Lipinski definition) is 2. The molecule has 0 aliphatic carbocycles. The SMILES string of the molecule is CC(=CC(=O)N(C)CC(C)(C)O)c1ccccc1. The van der Waals surface area contributed by atoms with Crippen molar-refractivity contribution in [2.24, 2.45) is 0 Å². The van der Waals surface area contributed by atoms with Gasteiger partial charge in [-0.1, -0.05) is 30.3 Å².